The molecule has 80 valence electrons. The van der Waals surface area contributed by atoms with Gasteiger partial charge in [-0.1, -0.05) is 67.3 Å². The van der Waals surface area contributed by atoms with E-state index in [9.17, 15) is 0 Å². The minimum absolute atomic E-state index is 0.339. The predicted octanol–water partition coefficient (Wildman–Crippen LogP) is 1.90. The Hall–Kier alpha value is -0.520. The lowest BCUT2D eigenvalue weighted by Gasteiger charge is -2.29. The summed E-state index contributed by atoms with van der Waals surface area (Å²) in [5.74, 6) is 0.360. The van der Waals surface area contributed by atoms with Gasteiger partial charge in [-0.05, 0) is 11.4 Å². The number of rotatable bonds is 2. The van der Waals surface area contributed by atoms with Crippen LogP contribution in [0.25, 0.3) is 0 Å². The molecule has 0 spiro atoms. The van der Waals surface area contributed by atoms with Gasteiger partial charge in [0.25, 0.3) is 0 Å². The van der Waals surface area contributed by atoms with Crippen molar-refractivity contribution in [1.29, 1.82) is 0 Å². The highest BCUT2D eigenvalue weighted by molar-refractivity contribution is 6.57. The first-order valence-electron chi connectivity index (χ1n) is 6.18. The second kappa shape index (κ2) is 4.00. The van der Waals surface area contributed by atoms with Gasteiger partial charge in [0.2, 0.25) is 0 Å². The number of fused-ring (bicyclic) bond motifs is 1. The molecule has 0 aromatic heterocycles. The van der Waals surface area contributed by atoms with Crippen LogP contribution in [-0.4, -0.2) is 30.3 Å². The Morgan fingerprint density at radius 1 is 1.47 bits per heavy atom. The molecule has 1 aliphatic heterocycles. The Morgan fingerprint density at radius 2 is 2.12 bits per heavy atom. The van der Waals surface area contributed by atoms with E-state index in [2.05, 4.69) is 39.3 Å². The van der Waals surface area contributed by atoms with Crippen LogP contribution in [0.1, 0.15) is 43.3 Å². The van der Waals surface area contributed by atoms with Crippen molar-refractivity contribution in [3.8, 4) is 0 Å². The van der Waals surface area contributed by atoms with Crippen LogP contribution < -0.4 is 0 Å². The van der Waals surface area contributed by atoms with Crippen molar-refractivity contribution >= 4 is 30.3 Å². The molecule has 2 rings (SSSR count). The molecule has 0 amide bonds. The topological polar surface area (TPSA) is 0 Å². The highest BCUT2D eigenvalue weighted by Gasteiger charge is 2.38. The molecule has 0 saturated carbocycles. The summed E-state index contributed by atoms with van der Waals surface area (Å²) in [6.07, 6.45) is 0. The lowest BCUT2D eigenvalue weighted by Crippen LogP contribution is -2.30. The normalized spacial score (nSPS) is 30.2. The molecule has 0 aliphatic carbocycles. The van der Waals surface area contributed by atoms with E-state index in [1.165, 1.54) is 16.7 Å². The minimum atomic E-state index is -0.395. The molecule has 0 fully saturated rings. The highest BCUT2D eigenvalue weighted by atomic mass is 14.3. The number of hydrogen-bond acceptors (Lipinski definition) is 0. The lowest BCUT2D eigenvalue weighted by molar-refractivity contribution is 0.901. The highest BCUT2D eigenvalue weighted by Crippen LogP contribution is 2.42. The Labute approximate surface area is 109 Å². The SMILES string of the molecule is [B]C(C)([B]C)c1cccc2c1C(C)[B]C2([B])C. The third kappa shape index (κ3) is 2.00. The van der Waals surface area contributed by atoms with Crippen LogP contribution in [0.15, 0.2) is 18.2 Å². The van der Waals surface area contributed by atoms with Gasteiger partial charge in [-0.15, -0.1) is 0 Å². The van der Waals surface area contributed by atoms with Crippen molar-refractivity contribution in [3.05, 3.63) is 34.9 Å². The van der Waals surface area contributed by atoms with Gasteiger partial charge in [-0.3, -0.25) is 0 Å². The molecule has 17 heavy (non-hydrogen) atoms. The second-order valence-electron chi connectivity index (χ2n) is 5.58. The monoisotopic (exact) mass is 216 g/mol. The van der Waals surface area contributed by atoms with Gasteiger partial charge in [0.15, 0.2) is 0 Å². The van der Waals surface area contributed by atoms with Crippen molar-refractivity contribution in [2.24, 2.45) is 0 Å². The molecule has 0 saturated heterocycles. The lowest BCUT2D eigenvalue weighted by atomic mass is 9.40. The van der Waals surface area contributed by atoms with Crippen molar-refractivity contribution in [2.75, 3.05) is 0 Å². The first kappa shape index (κ1) is 12.9. The molecule has 0 bridgehead atoms. The van der Waals surface area contributed by atoms with Crippen LogP contribution in [0.5, 0.6) is 0 Å². The van der Waals surface area contributed by atoms with E-state index in [1.807, 2.05) is 21.0 Å². The second-order valence-corrected chi connectivity index (χ2v) is 5.58. The Bertz CT molecular complexity index is 437. The molecule has 6 radical (unpaired) electrons. The molecule has 0 nitrogen and oxygen atoms in total. The minimum Gasteiger partial charge on any atom is -0.0919 e. The summed E-state index contributed by atoms with van der Waals surface area (Å²) in [6, 6.07) is 6.29. The van der Waals surface area contributed by atoms with E-state index in [0.29, 0.717) is 5.82 Å². The van der Waals surface area contributed by atoms with Crippen molar-refractivity contribution in [2.45, 2.75) is 43.8 Å². The Kier molecular flexibility index (Phi) is 3.04. The van der Waals surface area contributed by atoms with Gasteiger partial charge >= 0.3 is 0 Å². The summed E-state index contributed by atoms with van der Waals surface area (Å²) in [4.78, 5) is 0. The van der Waals surface area contributed by atoms with Crippen molar-refractivity contribution in [1.82, 2.24) is 0 Å². The molecule has 3 atom stereocenters. The van der Waals surface area contributed by atoms with E-state index >= 15 is 0 Å². The Morgan fingerprint density at radius 3 is 2.71 bits per heavy atom. The third-order valence-electron chi connectivity index (χ3n) is 3.92. The molecule has 3 unspecified atom stereocenters. The molecule has 1 aromatic rings. The van der Waals surface area contributed by atoms with Gasteiger partial charge in [0, 0.05) is 0 Å². The zero-order chi connectivity index (χ0) is 12.8. The fraction of sp³-hybridized carbons (Fsp3) is 0.538. The standard InChI is InChI=1S/C13H16B4/c1-8-11-9(12(2,14)16-4)6-5-7-10(11)13(3,15)17-8/h5-8H,1-4H3. The molecular formula is C13H16B4. The van der Waals surface area contributed by atoms with Crippen LogP contribution >= 0.6 is 0 Å². The van der Waals surface area contributed by atoms with Crippen LogP contribution in [0, 0.1) is 0 Å². The molecule has 1 aromatic carbocycles. The summed E-state index contributed by atoms with van der Waals surface area (Å²) < 4.78 is 0. The van der Waals surface area contributed by atoms with Gasteiger partial charge in [-0.2, -0.15) is 0 Å². The number of hydrogen-bond donors (Lipinski definition) is 0. The molecule has 1 heterocycles. The summed E-state index contributed by atoms with van der Waals surface area (Å²) >= 11 is 0. The Balaban J connectivity index is 2.63. The van der Waals surface area contributed by atoms with Crippen LogP contribution in [0.4, 0.5) is 0 Å². The van der Waals surface area contributed by atoms with Crippen LogP contribution in [0.3, 0.4) is 0 Å². The first-order chi connectivity index (χ1) is 7.79. The van der Waals surface area contributed by atoms with Crippen LogP contribution in [-0.2, 0) is 10.4 Å². The maximum atomic E-state index is 6.35. The maximum absolute atomic E-state index is 6.35. The molecule has 4 heteroatoms. The number of benzene rings is 1. The third-order valence-corrected chi connectivity index (χ3v) is 3.92. The smallest absolute Gasteiger partial charge is 0.0919 e. The van der Waals surface area contributed by atoms with E-state index in [0.717, 1.165) is 0 Å². The summed E-state index contributed by atoms with van der Waals surface area (Å²) in [6.45, 7) is 8.29. The fourth-order valence-electron chi connectivity index (χ4n) is 2.84. The fourth-order valence-corrected chi connectivity index (χ4v) is 2.84. The predicted molar refractivity (Wildman–Crippen MR) is 78.4 cm³/mol. The first-order valence-corrected chi connectivity index (χ1v) is 6.18. The van der Waals surface area contributed by atoms with E-state index < -0.39 is 5.21 Å². The van der Waals surface area contributed by atoms with Crippen LogP contribution in [0.2, 0.25) is 6.82 Å². The van der Waals surface area contributed by atoms with Crippen molar-refractivity contribution in [3.63, 3.8) is 0 Å². The van der Waals surface area contributed by atoms with E-state index in [-0.39, 0.29) is 5.21 Å². The van der Waals surface area contributed by atoms with Gasteiger partial charge < -0.3 is 0 Å². The average molecular weight is 216 g/mol. The van der Waals surface area contributed by atoms with E-state index in [1.54, 1.807) is 0 Å². The van der Waals surface area contributed by atoms with Gasteiger partial charge in [0.05, 0.1) is 15.7 Å². The van der Waals surface area contributed by atoms with Gasteiger partial charge in [0.1, 0.15) is 14.6 Å². The molecular weight excluding hydrogens is 199 g/mol. The quantitative estimate of drug-likeness (QED) is 0.661. The van der Waals surface area contributed by atoms with E-state index in [4.69, 9.17) is 15.7 Å². The summed E-state index contributed by atoms with van der Waals surface area (Å²) in [5, 5.41) is -0.734. The zero-order valence-electron chi connectivity index (χ0n) is 11.1. The van der Waals surface area contributed by atoms with Crippen molar-refractivity contribution < 1.29 is 0 Å². The maximum Gasteiger partial charge on any atom is 0.121 e. The van der Waals surface area contributed by atoms with Gasteiger partial charge in [-0.25, -0.2) is 0 Å². The molecule has 1 aliphatic rings. The largest absolute Gasteiger partial charge is 0.121 e. The summed E-state index contributed by atoms with van der Waals surface area (Å²) in [7, 11) is 16.9. The summed E-state index contributed by atoms with van der Waals surface area (Å²) in [5.41, 5.74) is 3.71. The zero-order valence-corrected chi connectivity index (χ0v) is 11.1. The molecule has 0 N–H and O–H groups in total. The average Bonchev–Trinajstić information content (AvgIpc) is 2.50.